The third kappa shape index (κ3) is 4.66. The molecule has 1 aliphatic heterocycles. The number of cyclic esters (lactones) is 1. The maximum Gasteiger partial charge on any atom is 0.421 e. The van der Waals surface area contributed by atoms with Gasteiger partial charge in [0.05, 0.1) is 30.0 Å². The predicted molar refractivity (Wildman–Crippen MR) is 94.1 cm³/mol. The molecule has 148 valence electrons. The Hall–Kier alpha value is -2.85. The van der Waals surface area contributed by atoms with Crippen LogP contribution in [0.25, 0.3) is 0 Å². The average molecular weight is 386 g/mol. The van der Waals surface area contributed by atoms with E-state index in [1.807, 2.05) is 0 Å². The fourth-order valence-corrected chi connectivity index (χ4v) is 2.38. The number of halogens is 3. The van der Waals surface area contributed by atoms with Crippen molar-refractivity contribution in [2.24, 2.45) is 16.1 Å². The van der Waals surface area contributed by atoms with E-state index in [9.17, 15) is 18.0 Å². The third-order valence-corrected chi connectivity index (χ3v) is 4.18. The summed E-state index contributed by atoms with van der Waals surface area (Å²) in [5.74, 6) is -0.757. The molecule has 1 aliphatic rings. The summed E-state index contributed by atoms with van der Waals surface area (Å²) in [5.41, 5.74) is 4.67. The maximum atomic E-state index is 12.9. The number of hydrogen-bond donors (Lipinski definition) is 3. The number of aromatic nitrogens is 2. The molecule has 0 bridgehead atoms. The molecule has 0 amide bonds. The largest absolute Gasteiger partial charge is 0.465 e. The topological polar surface area (TPSA) is 115 Å². The first-order valence-corrected chi connectivity index (χ1v) is 8.10. The van der Waals surface area contributed by atoms with Crippen molar-refractivity contribution in [3.63, 3.8) is 0 Å². The fraction of sp³-hybridized carbons (Fsp3) is 0.500. The number of anilines is 2. The van der Waals surface area contributed by atoms with E-state index in [-0.39, 0.29) is 24.3 Å². The highest BCUT2D eigenvalue weighted by molar-refractivity contribution is 6.00. The molecule has 11 heteroatoms. The number of carbonyl (C=O) groups excluding carboxylic acids is 1. The van der Waals surface area contributed by atoms with Crippen molar-refractivity contribution in [2.45, 2.75) is 26.4 Å². The monoisotopic (exact) mass is 386 g/mol. The van der Waals surface area contributed by atoms with Crippen LogP contribution in [0.3, 0.4) is 0 Å². The van der Waals surface area contributed by atoms with E-state index in [2.05, 4.69) is 25.6 Å². The quantitative estimate of drug-likeness (QED) is 0.507. The summed E-state index contributed by atoms with van der Waals surface area (Å²) < 4.78 is 43.7. The van der Waals surface area contributed by atoms with Crippen LogP contribution < -0.4 is 16.4 Å². The number of allylic oxidation sites excluding steroid dienone is 1. The first kappa shape index (κ1) is 20.5. The number of ether oxygens (including phenoxy) is 1. The zero-order valence-corrected chi connectivity index (χ0v) is 15.1. The number of hydrogen-bond acceptors (Lipinski definition) is 8. The van der Waals surface area contributed by atoms with Crippen molar-refractivity contribution in [1.82, 2.24) is 9.97 Å². The smallest absolute Gasteiger partial charge is 0.421 e. The van der Waals surface area contributed by atoms with Gasteiger partial charge in [-0.2, -0.15) is 18.2 Å². The van der Waals surface area contributed by atoms with Gasteiger partial charge in [0.1, 0.15) is 11.4 Å². The van der Waals surface area contributed by atoms with Crippen LogP contribution in [0.2, 0.25) is 0 Å². The van der Waals surface area contributed by atoms with Gasteiger partial charge in [-0.1, -0.05) is 0 Å². The normalized spacial score (nSPS) is 21.2. The summed E-state index contributed by atoms with van der Waals surface area (Å²) in [4.78, 5) is 23.6. The molecule has 2 rings (SSSR count). The lowest BCUT2D eigenvalue weighted by Crippen LogP contribution is -2.27. The molecule has 0 aliphatic carbocycles. The Morgan fingerprint density at radius 1 is 1.52 bits per heavy atom. The molecule has 0 unspecified atom stereocenters. The zero-order chi connectivity index (χ0) is 20.2. The second-order valence-electron chi connectivity index (χ2n) is 6.26. The number of carbonyl (C=O) groups is 1. The van der Waals surface area contributed by atoms with Crippen molar-refractivity contribution in [3.8, 4) is 0 Å². The number of nitrogens with one attached hydrogen (secondary N) is 2. The summed E-state index contributed by atoms with van der Waals surface area (Å²) in [5, 5.41) is 5.13. The van der Waals surface area contributed by atoms with Gasteiger partial charge in [-0.15, -0.1) is 0 Å². The van der Waals surface area contributed by atoms with E-state index in [0.29, 0.717) is 30.6 Å². The highest BCUT2D eigenvalue weighted by atomic mass is 19.4. The molecule has 1 fully saturated rings. The number of aliphatic imine (C=N–C) groups is 1. The van der Waals surface area contributed by atoms with Crippen LogP contribution in [0.4, 0.5) is 24.9 Å². The minimum Gasteiger partial charge on any atom is -0.465 e. The second kappa shape index (κ2) is 7.80. The summed E-state index contributed by atoms with van der Waals surface area (Å²) in [6, 6.07) is 0. The molecule has 2 heterocycles. The van der Waals surface area contributed by atoms with Crippen molar-refractivity contribution >= 4 is 23.4 Å². The Morgan fingerprint density at radius 3 is 2.74 bits per heavy atom. The van der Waals surface area contributed by atoms with Gasteiger partial charge in [0.25, 0.3) is 0 Å². The Balaban J connectivity index is 2.17. The number of alkyl halides is 3. The highest BCUT2D eigenvalue weighted by Crippen LogP contribution is 2.33. The van der Waals surface area contributed by atoms with Crippen LogP contribution in [0.5, 0.6) is 0 Å². The minimum atomic E-state index is -4.58. The standard InChI is InChI=1S/C16H21F3N6O2/c1-9(23-8-15(2)4-5-27-13(15)26)11(6-20)24-14-22-7-10(16(17,18)19)12(21-3)25-14/h6-7H,4-5,8,20H2,1-3H3,(H2,21,22,24,25)/b11-6+,23-9-/t15-/m1/s1. The van der Waals surface area contributed by atoms with E-state index < -0.39 is 17.2 Å². The van der Waals surface area contributed by atoms with Crippen LogP contribution in [0.1, 0.15) is 25.8 Å². The molecule has 0 spiro atoms. The van der Waals surface area contributed by atoms with E-state index in [1.54, 1.807) is 13.8 Å². The number of esters is 1. The van der Waals surface area contributed by atoms with Gasteiger partial charge in [0, 0.05) is 19.4 Å². The van der Waals surface area contributed by atoms with Crippen LogP contribution in [-0.2, 0) is 15.7 Å². The van der Waals surface area contributed by atoms with Crippen LogP contribution >= 0.6 is 0 Å². The van der Waals surface area contributed by atoms with Gasteiger partial charge in [-0.05, 0) is 20.3 Å². The molecule has 4 N–H and O–H groups in total. The molecule has 8 nitrogen and oxygen atoms in total. The summed E-state index contributed by atoms with van der Waals surface area (Å²) in [7, 11) is 1.33. The molecule has 0 saturated carbocycles. The van der Waals surface area contributed by atoms with Crippen LogP contribution in [-0.4, -0.2) is 41.8 Å². The van der Waals surface area contributed by atoms with E-state index >= 15 is 0 Å². The van der Waals surface area contributed by atoms with Crippen LogP contribution in [0.15, 0.2) is 23.1 Å². The Labute approximate surface area is 154 Å². The van der Waals surface area contributed by atoms with Crippen molar-refractivity contribution in [3.05, 3.63) is 23.7 Å². The number of rotatable bonds is 6. The molecule has 27 heavy (non-hydrogen) atoms. The number of nitrogens with zero attached hydrogens (tertiary/aromatic N) is 3. The van der Waals surface area contributed by atoms with Gasteiger partial charge in [-0.25, -0.2) is 4.98 Å². The van der Waals surface area contributed by atoms with E-state index in [0.717, 1.165) is 0 Å². The number of nitrogens with two attached hydrogens (primary N) is 1. The van der Waals surface area contributed by atoms with Crippen molar-refractivity contribution in [2.75, 3.05) is 30.8 Å². The first-order chi connectivity index (χ1) is 12.6. The lowest BCUT2D eigenvalue weighted by Gasteiger charge is -2.17. The fourth-order valence-electron chi connectivity index (χ4n) is 2.38. The Kier molecular flexibility index (Phi) is 5.91. The molecule has 0 aromatic carbocycles. The Morgan fingerprint density at radius 2 is 2.22 bits per heavy atom. The molecule has 0 radical (unpaired) electrons. The van der Waals surface area contributed by atoms with Gasteiger partial charge < -0.3 is 21.1 Å². The lowest BCUT2D eigenvalue weighted by atomic mass is 9.89. The molecule has 1 saturated heterocycles. The zero-order valence-electron chi connectivity index (χ0n) is 15.1. The van der Waals surface area contributed by atoms with E-state index in [4.69, 9.17) is 10.5 Å². The third-order valence-electron chi connectivity index (χ3n) is 4.18. The lowest BCUT2D eigenvalue weighted by molar-refractivity contribution is -0.145. The SMILES string of the molecule is CNc1nc(NC(=C/N)/C(C)=N\C[C@@]2(C)CCOC2=O)ncc1C(F)(F)F. The average Bonchev–Trinajstić information content (AvgIpc) is 2.95. The maximum absolute atomic E-state index is 12.9. The molecule has 1 aromatic rings. The highest BCUT2D eigenvalue weighted by Gasteiger charge is 2.39. The van der Waals surface area contributed by atoms with Gasteiger partial charge in [0.2, 0.25) is 5.95 Å². The van der Waals surface area contributed by atoms with Gasteiger partial charge in [-0.3, -0.25) is 9.79 Å². The summed E-state index contributed by atoms with van der Waals surface area (Å²) in [6.45, 7) is 3.97. The van der Waals surface area contributed by atoms with Gasteiger partial charge >= 0.3 is 12.1 Å². The van der Waals surface area contributed by atoms with Gasteiger partial charge in [0.15, 0.2) is 0 Å². The Bertz CT molecular complexity index is 778. The van der Waals surface area contributed by atoms with E-state index in [1.165, 1.54) is 13.2 Å². The molecular formula is C16H21F3N6O2. The minimum absolute atomic E-state index is 0.0786. The molecular weight excluding hydrogens is 365 g/mol. The van der Waals surface area contributed by atoms with Crippen molar-refractivity contribution in [1.29, 1.82) is 0 Å². The predicted octanol–water partition coefficient (Wildman–Crippen LogP) is 2.16. The van der Waals surface area contributed by atoms with Crippen molar-refractivity contribution < 1.29 is 22.7 Å². The molecule has 1 aromatic heterocycles. The first-order valence-electron chi connectivity index (χ1n) is 8.10. The second-order valence-corrected chi connectivity index (χ2v) is 6.26. The van der Waals surface area contributed by atoms with Crippen LogP contribution in [0, 0.1) is 5.41 Å². The molecule has 1 atom stereocenters. The summed E-state index contributed by atoms with van der Waals surface area (Å²) >= 11 is 0. The summed E-state index contributed by atoms with van der Waals surface area (Å²) in [6.07, 6.45) is -2.14.